The molecule has 1 unspecified atom stereocenters. The van der Waals surface area contributed by atoms with Gasteiger partial charge in [0.2, 0.25) is 11.8 Å². The van der Waals surface area contributed by atoms with Crippen molar-refractivity contribution in [1.29, 1.82) is 0 Å². The van der Waals surface area contributed by atoms with E-state index in [4.69, 9.17) is 0 Å². The summed E-state index contributed by atoms with van der Waals surface area (Å²) in [7, 11) is 0. The molecule has 5 nitrogen and oxygen atoms in total. The molecule has 0 spiro atoms. The van der Waals surface area contributed by atoms with Crippen molar-refractivity contribution in [2.45, 2.75) is 32.6 Å². The molecule has 0 radical (unpaired) electrons. The lowest BCUT2D eigenvalue weighted by Gasteiger charge is -2.28. The fraction of sp³-hybridized carbons (Fsp3) is 0.286. The summed E-state index contributed by atoms with van der Waals surface area (Å²) < 4.78 is 1.09. The van der Waals surface area contributed by atoms with Crippen LogP contribution in [0.5, 0.6) is 0 Å². The van der Waals surface area contributed by atoms with Crippen LogP contribution in [0, 0.1) is 5.92 Å². The summed E-state index contributed by atoms with van der Waals surface area (Å²) in [6.07, 6.45) is 0.444. The molecule has 6 heteroatoms. The van der Waals surface area contributed by atoms with Gasteiger partial charge in [0, 0.05) is 12.3 Å². The van der Waals surface area contributed by atoms with E-state index in [9.17, 15) is 9.59 Å². The zero-order chi connectivity index (χ0) is 19.4. The van der Waals surface area contributed by atoms with Gasteiger partial charge in [0.25, 0.3) is 0 Å². The molecule has 0 bridgehead atoms. The normalized spacial score (nSPS) is 13.3. The number of rotatable bonds is 5. The molecule has 1 atom stereocenters. The summed E-state index contributed by atoms with van der Waals surface area (Å²) in [5.41, 5.74) is 6.06. The summed E-state index contributed by atoms with van der Waals surface area (Å²) in [5, 5.41) is 0.882. The van der Waals surface area contributed by atoms with Crippen LogP contribution in [0.25, 0.3) is 10.2 Å². The molecule has 3 aromatic rings. The first-order chi connectivity index (χ1) is 12.9. The third kappa shape index (κ3) is 4.17. The molecule has 1 aromatic heterocycles. The Morgan fingerprint density at radius 2 is 1.70 bits per heavy atom. The number of carbonyl (C=O) groups excluding carboxylic acids is 2. The number of fused-ring (bicyclic) bond motifs is 1. The molecule has 0 aliphatic rings. The van der Waals surface area contributed by atoms with Gasteiger partial charge in [-0.25, -0.2) is 4.98 Å². The maximum Gasteiger partial charge on any atom is 0.249 e. The fourth-order valence-electron chi connectivity index (χ4n) is 2.82. The minimum atomic E-state index is -0.862. The Morgan fingerprint density at radius 1 is 1.04 bits per heavy atom. The third-order valence-electron chi connectivity index (χ3n) is 4.58. The molecule has 27 heavy (non-hydrogen) atoms. The second-order valence-electron chi connectivity index (χ2n) is 7.05. The highest BCUT2D eigenvalue weighted by molar-refractivity contribution is 7.18. The molecule has 1 heterocycles. The lowest BCUT2D eigenvalue weighted by molar-refractivity contribution is -0.133. The van der Waals surface area contributed by atoms with E-state index in [0.29, 0.717) is 6.42 Å². The highest BCUT2D eigenvalue weighted by Crippen LogP contribution is 2.32. The molecular weight excluding hydrogens is 358 g/mol. The zero-order valence-corrected chi connectivity index (χ0v) is 16.5. The van der Waals surface area contributed by atoms with Gasteiger partial charge < -0.3 is 0 Å². The van der Waals surface area contributed by atoms with Gasteiger partial charge in [0.15, 0.2) is 0 Å². The minimum absolute atomic E-state index is 0.211. The van der Waals surface area contributed by atoms with Gasteiger partial charge in [-0.3, -0.25) is 20.4 Å². The quantitative estimate of drug-likeness (QED) is 0.664. The Labute approximate surface area is 162 Å². The molecule has 3 rings (SSSR count). The second kappa shape index (κ2) is 7.88. The lowest BCUT2D eigenvalue weighted by atomic mass is 9.79. The van der Waals surface area contributed by atoms with Gasteiger partial charge >= 0.3 is 0 Å². The van der Waals surface area contributed by atoms with Crippen molar-refractivity contribution in [1.82, 2.24) is 15.8 Å². The number of hydrazine groups is 1. The van der Waals surface area contributed by atoms with E-state index in [-0.39, 0.29) is 17.7 Å². The molecule has 0 saturated carbocycles. The van der Waals surface area contributed by atoms with Crippen molar-refractivity contribution in [3.05, 3.63) is 65.2 Å². The van der Waals surface area contributed by atoms with Crippen LogP contribution in [0.15, 0.2) is 54.6 Å². The smallest absolute Gasteiger partial charge is 0.249 e. The molecule has 2 amide bonds. The van der Waals surface area contributed by atoms with Crippen LogP contribution >= 0.6 is 11.3 Å². The summed E-state index contributed by atoms with van der Waals surface area (Å²) >= 11 is 1.59. The van der Waals surface area contributed by atoms with Crippen LogP contribution in [0.4, 0.5) is 0 Å². The van der Waals surface area contributed by atoms with Crippen LogP contribution in [0.3, 0.4) is 0 Å². The van der Waals surface area contributed by atoms with Crippen LogP contribution < -0.4 is 10.9 Å². The van der Waals surface area contributed by atoms with E-state index in [1.165, 1.54) is 0 Å². The number of nitrogens with one attached hydrogen (secondary N) is 2. The third-order valence-corrected chi connectivity index (χ3v) is 5.62. The average molecular weight is 382 g/mol. The maximum absolute atomic E-state index is 13.1. The van der Waals surface area contributed by atoms with Crippen molar-refractivity contribution in [2.24, 2.45) is 5.92 Å². The van der Waals surface area contributed by atoms with Gasteiger partial charge in [-0.15, -0.1) is 11.3 Å². The van der Waals surface area contributed by atoms with Gasteiger partial charge in [-0.1, -0.05) is 56.3 Å². The summed E-state index contributed by atoms with van der Waals surface area (Å²) in [5.74, 6) is -0.696. The first-order valence-corrected chi connectivity index (χ1v) is 9.72. The summed E-state index contributed by atoms with van der Waals surface area (Å²) in [4.78, 5) is 29.6. The molecule has 0 aliphatic carbocycles. The fourth-order valence-corrected chi connectivity index (χ4v) is 3.94. The molecule has 140 valence electrons. The zero-order valence-electron chi connectivity index (χ0n) is 15.7. The summed E-state index contributed by atoms with van der Waals surface area (Å²) in [6.45, 7) is 5.43. The molecule has 0 aliphatic heterocycles. The Balaban J connectivity index is 1.90. The number of hydrogen-bond donors (Lipinski definition) is 2. The Kier molecular flexibility index (Phi) is 5.56. The Hall–Kier alpha value is -2.73. The second-order valence-corrected chi connectivity index (χ2v) is 8.16. The first-order valence-electron chi connectivity index (χ1n) is 8.90. The van der Waals surface area contributed by atoms with Crippen molar-refractivity contribution >= 4 is 33.4 Å². The molecule has 2 aromatic carbocycles. The number of nitrogens with zero attached hydrogens (tertiary/aromatic N) is 1. The number of amides is 2. The number of thiazole rings is 1. The topological polar surface area (TPSA) is 71.1 Å². The van der Waals surface area contributed by atoms with Gasteiger partial charge in [-0.05, 0) is 24.6 Å². The average Bonchev–Trinajstić information content (AvgIpc) is 3.08. The number of aromatic nitrogens is 1. The van der Waals surface area contributed by atoms with E-state index in [0.717, 1.165) is 20.8 Å². The Morgan fingerprint density at radius 3 is 2.37 bits per heavy atom. The van der Waals surface area contributed by atoms with E-state index in [2.05, 4.69) is 15.8 Å². The first kappa shape index (κ1) is 19.0. The van der Waals surface area contributed by atoms with Crippen LogP contribution in [0.2, 0.25) is 0 Å². The van der Waals surface area contributed by atoms with Crippen molar-refractivity contribution < 1.29 is 9.59 Å². The van der Waals surface area contributed by atoms with Crippen LogP contribution in [-0.2, 0) is 21.4 Å². The van der Waals surface area contributed by atoms with E-state index < -0.39 is 5.41 Å². The van der Waals surface area contributed by atoms with Crippen molar-refractivity contribution in [3.63, 3.8) is 0 Å². The SMILES string of the molecule is CC(C)C(=O)NNC(=O)C(C)(Cc1nc2ccccc2s1)c1ccccc1. The van der Waals surface area contributed by atoms with Gasteiger partial charge in [0.05, 0.1) is 20.6 Å². The van der Waals surface area contributed by atoms with E-state index >= 15 is 0 Å². The maximum atomic E-state index is 13.1. The molecular formula is C21H23N3O2S. The Bertz CT molecular complexity index is 919. The lowest BCUT2D eigenvalue weighted by Crippen LogP contribution is -2.52. The monoisotopic (exact) mass is 381 g/mol. The largest absolute Gasteiger partial charge is 0.273 e. The van der Waals surface area contributed by atoms with Crippen LogP contribution in [-0.4, -0.2) is 16.8 Å². The highest BCUT2D eigenvalue weighted by atomic mass is 32.1. The molecule has 0 fully saturated rings. The summed E-state index contributed by atoms with van der Waals surface area (Å²) in [6, 6.07) is 17.5. The van der Waals surface area contributed by atoms with Crippen molar-refractivity contribution in [3.8, 4) is 0 Å². The predicted octanol–water partition coefficient (Wildman–Crippen LogP) is 3.60. The number of carbonyl (C=O) groups is 2. The number of para-hydroxylation sites is 1. The van der Waals surface area contributed by atoms with E-state index in [1.807, 2.05) is 61.5 Å². The van der Waals surface area contributed by atoms with Gasteiger partial charge in [-0.2, -0.15) is 0 Å². The van der Waals surface area contributed by atoms with Gasteiger partial charge in [0.1, 0.15) is 0 Å². The van der Waals surface area contributed by atoms with Crippen molar-refractivity contribution in [2.75, 3.05) is 0 Å². The van der Waals surface area contributed by atoms with E-state index in [1.54, 1.807) is 25.2 Å². The highest BCUT2D eigenvalue weighted by Gasteiger charge is 2.37. The number of hydrogen-bond acceptors (Lipinski definition) is 4. The minimum Gasteiger partial charge on any atom is -0.273 e. The molecule has 0 saturated heterocycles. The number of benzene rings is 2. The molecule has 2 N–H and O–H groups in total. The standard InChI is InChI=1S/C21H23N3O2S/c1-14(2)19(25)23-24-20(26)21(3,15-9-5-4-6-10-15)13-18-22-16-11-7-8-12-17(16)27-18/h4-12,14H,13H2,1-3H3,(H,23,25)(H,24,26). The predicted molar refractivity (Wildman–Crippen MR) is 108 cm³/mol. The van der Waals surface area contributed by atoms with Crippen LogP contribution in [0.1, 0.15) is 31.3 Å².